The summed E-state index contributed by atoms with van der Waals surface area (Å²) in [5.74, 6) is 1.68. The average molecular weight is 397 g/mol. The van der Waals surface area contributed by atoms with Gasteiger partial charge in [-0.15, -0.1) is 0 Å². The lowest BCUT2D eigenvalue weighted by molar-refractivity contribution is 0.185. The second-order valence-corrected chi connectivity index (χ2v) is 5.93. The molecule has 0 saturated heterocycles. The zero-order valence-electron chi connectivity index (χ0n) is 12.6. The minimum absolute atomic E-state index is 0.621. The van der Waals surface area contributed by atoms with Crippen LogP contribution in [0, 0.1) is 10.5 Å². The molecule has 1 heterocycles. The van der Waals surface area contributed by atoms with Crippen molar-refractivity contribution in [3.8, 4) is 11.4 Å². The smallest absolute Gasteiger partial charge is 0.161 e. The van der Waals surface area contributed by atoms with Gasteiger partial charge in [-0.3, -0.25) is 0 Å². The Hall–Kier alpha value is -1.21. The van der Waals surface area contributed by atoms with Crippen LogP contribution in [0.15, 0.2) is 24.3 Å². The molecule has 4 nitrogen and oxygen atoms in total. The third kappa shape index (κ3) is 4.14. The number of nitrogens with zero attached hydrogens (tertiary/aromatic N) is 2. The van der Waals surface area contributed by atoms with Crippen molar-refractivity contribution in [2.45, 2.75) is 26.9 Å². The molecule has 5 heteroatoms. The summed E-state index contributed by atoms with van der Waals surface area (Å²) in [4.78, 5) is 9.25. The van der Waals surface area contributed by atoms with Gasteiger partial charge in [-0.1, -0.05) is 31.2 Å². The molecule has 2 rings (SSSR count). The minimum Gasteiger partial charge on any atom is -0.380 e. The lowest BCUT2D eigenvalue weighted by atomic mass is 10.1. The van der Waals surface area contributed by atoms with Gasteiger partial charge in [-0.2, -0.15) is 0 Å². The normalized spacial score (nSPS) is 10.7. The average Bonchev–Trinajstić information content (AvgIpc) is 2.50. The van der Waals surface area contributed by atoms with Gasteiger partial charge in [-0.25, -0.2) is 9.97 Å². The summed E-state index contributed by atoms with van der Waals surface area (Å²) in [6, 6.07) is 8.18. The zero-order chi connectivity index (χ0) is 15.2. The second kappa shape index (κ2) is 7.70. The molecule has 21 heavy (non-hydrogen) atoms. The number of benzene rings is 1. The van der Waals surface area contributed by atoms with E-state index in [1.807, 2.05) is 19.1 Å². The molecule has 0 atom stereocenters. The molecule has 0 aliphatic heterocycles. The van der Waals surface area contributed by atoms with Gasteiger partial charge in [0.15, 0.2) is 5.82 Å². The number of methoxy groups -OCH3 is 1. The monoisotopic (exact) mass is 397 g/mol. The molecule has 0 aliphatic carbocycles. The van der Waals surface area contributed by atoms with Gasteiger partial charge in [0.1, 0.15) is 5.82 Å². The molecular formula is C16H20IN3O. The first-order valence-electron chi connectivity index (χ1n) is 7.02. The topological polar surface area (TPSA) is 47.0 Å². The van der Waals surface area contributed by atoms with Gasteiger partial charge < -0.3 is 10.1 Å². The molecule has 0 fully saturated rings. The molecule has 112 valence electrons. The summed E-state index contributed by atoms with van der Waals surface area (Å²) in [6.45, 7) is 5.70. The number of ether oxygens (including phenoxy) is 1. The van der Waals surface area contributed by atoms with Crippen molar-refractivity contribution >= 4 is 28.4 Å². The maximum Gasteiger partial charge on any atom is 0.161 e. The number of aromatic nitrogens is 2. The van der Waals surface area contributed by atoms with E-state index in [0.29, 0.717) is 6.61 Å². The first-order valence-corrected chi connectivity index (χ1v) is 8.09. The first-order chi connectivity index (χ1) is 10.2. The molecule has 0 aliphatic rings. The van der Waals surface area contributed by atoms with Crippen LogP contribution >= 0.6 is 22.6 Å². The fourth-order valence-corrected chi connectivity index (χ4v) is 2.40. The fourth-order valence-electron chi connectivity index (χ4n) is 1.97. The second-order valence-electron chi connectivity index (χ2n) is 4.85. The Balaban J connectivity index is 2.32. The van der Waals surface area contributed by atoms with Crippen molar-refractivity contribution in [1.82, 2.24) is 9.97 Å². The van der Waals surface area contributed by atoms with E-state index < -0.39 is 0 Å². The highest BCUT2D eigenvalue weighted by molar-refractivity contribution is 14.1. The number of hydrogen-bond acceptors (Lipinski definition) is 4. The van der Waals surface area contributed by atoms with Crippen molar-refractivity contribution in [3.05, 3.63) is 39.1 Å². The predicted molar refractivity (Wildman–Crippen MR) is 94.4 cm³/mol. The highest BCUT2D eigenvalue weighted by Gasteiger charge is 2.10. The molecular weight excluding hydrogens is 377 g/mol. The van der Waals surface area contributed by atoms with Gasteiger partial charge in [0.2, 0.25) is 0 Å². The molecule has 0 amide bonds. The Morgan fingerprint density at radius 1 is 1.19 bits per heavy atom. The van der Waals surface area contributed by atoms with E-state index in [2.05, 4.69) is 56.9 Å². The van der Waals surface area contributed by atoms with E-state index in [1.165, 1.54) is 0 Å². The molecule has 1 aromatic carbocycles. The number of rotatable bonds is 6. The van der Waals surface area contributed by atoms with Crippen LogP contribution in [0.4, 0.5) is 5.82 Å². The Labute approximate surface area is 139 Å². The van der Waals surface area contributed by atoms with Crippen molar-refractivity contribution < 1.29 is 4.74 Å². The summed E-state index contributed by atoms with van der Waals surface area (Å²) in [5, 5.41) is 3.37. The molecule has 1 aromatic heterocycles. The summed E-state index contributed by atoms with van der Waals surface area (Å²) < 4.78 is 6.21. The van der Waals surface area contributed by atoms with E-state index in [-0.39, 0.29) is 0 Å². The Kier molecular flexibility index (Phi) is 5.93. The van der Waals surface area contributed by atoms with Gasteiger partial charge in [-0.05, 0) is 41.5 Å². The maximum atomic E-state index is 5.13. The summed E-state index contributed by atoms with van der Waals surface area (Å²) >= 11 is 2.29. The van der Waals surface area contributed by atoms with Gasteiger partial charge in [0, 0.05) is 19.2 Å². The highest BCUT2D eigenvalue weighted by Crippen LogP contribution is 2.24. The van der Waals surface area contributed by atoms with Gasteiger partial charge in [0.05, 0.1) is 15.9 Å². The number of nitrogens with one attached hydrogen (secondary N) is 1. The number of hydrogen-bond donors (Lipinski definition) is 1. The van der Waals surface area contributed by atoms with Crippen LogP contribution in [-0.2, 0) is 11.3 Å². The Morgan fingerprint density at radius 2 is 1.90 bits per heavy atom. The number of halogens is 1. The minimum atomic E-state index is 0.621. The fraction of sp³-hybridized carbons (Fsp3) is 0.375. The first kappa shape index (κ1) is 16.2. The van der Waals surface area contributed by atoms with Gasteiger partial charge in [0.25, 0.3) is 0 Å². The summed E-state index contributed by atoms with van der Waals surface area (Å²) in [5.41, 5.74) is 3.17. The van der Waals surface area contributed by atoms with Crippen LogP contribution in [0.3, 0.4) is 0 Å². The number of anilines is 1. The maximum absolute atomic E-state index is 5.13. The molecule has 0 saturated carbocycles. The van der Waals surface area contributed by atoms with Crippen molar-refractivity contribution in [2.75, 3.05) is 19.0 Å². The van der Waals surface area contributed by atoms with Crippen molar-refractivity contribution in [3.63, 3.8) is 0 Å². The lowest BCUT2D eigenvalue weighted by Gasteiger charge is -2.11. The largest absolute Gasteiger partial charge is 0.380 e. The Bertz CT molecular complexity index is 599. The summed E-state index contributed by atoms with van der Waals surface area (Å²) in [6.07, 6.45) is 1.07. The van der Waals surface area contributed by atoms with Crippen LogP contribution in [0.2, 0.25) is 0 Å². The van der Waals surface area contributed by atoms with E-state index in [1.54, 1.807) is 7.11 Å². The van der Waals surface area contributed by atoms with E-state index >= 15 is 0 Å². The zero-order valence-corrected chi connectivity index (χ0v) is 14.8. The van der Waals surface area contributed by atoms with Crippen molar-refractivity contribution in [1.29, 1.82) is 0 Å². The van der Waals surface area contributed by atoms with E-state index in [4.69, 9.17) is 4.74 Å². The van der Waals surface area contributed by atoms with Gasteiger partial charge >= 0.3 is 0 Å². The van der Waals surface area contributed by atoms with E-state index in [0.717, 1.165) is 45.0 Å². The number of aryl methyl sites for hydroxylation is 1. The third-order valence-electron chi connectivity index (χ3n) is 3.08. The van der Waals surface area contributed by atoms with Crippen LogP contribution < -0.4 is 5.32 Å². The molecule has 0 spiro atoms. The molecule has 2 aromatic rings. The predicted octanol–water partition coefficient (Wildman–Crippen LogP) is 4.02. The van der Waals surface area contributed by atoms with Crippen LogP contribution in [0.5, 0.6) is 0 Å². The van der Waals surface area contributed by atoms with Crippen LogP contribution in [0.25, 0.3) is 11.4 Å². The molecule has 0 radical (unpaired) electrons. The highest BCUT2D eigenvalue weighted by atomic mass is 127. The SMILES string of the molecule is CCCNc1nc(-c2ccc(COC)cc2)nc(C)c1I. The van der Waals surface area contributed by atoms with E-state index in [9.17, 15) is 0 Å². The quantitative estimate of drug-likeness (QED) is 0.748. The Morgan fingerprint density at radius 3 is 2.52 bits per heavy atom. The third-order valence-corrected chi connectivity index (χ3v) is 4.37. The molecule has 1 N–H and O–H groups in total. The summed E-state index contributed by atoms with van der Waals surface area (Å²) in [7, 11) is 1.70. The van der Waals surface area contributed by atoms with Crippen molar-refractivity contribution in [2.24, 2.45) is 0 Å². The standard InChI is InChI=1S/C16H20IN3O/c1-4-9-18-16-14(17)11(2)19-15(20-16)13-7-5-12(6-8-13)10-21-3/h5-8H,4,9-10H2,1-3H3,(H,18,19,20). The molecule has 0 bridgehead atoms. The van der Waals surface area contributed by atoms with Crippen LogP contribution in [0.1, 0.15) is 24.6 Å². The lowest BCUT2D eigenvalue weighted by Crippen LogP contribution is -2.07. The van der Waals surface area contributed by atoms with Crippen LogP contribution in [-0.4, -0.2) is 23.6 Å². The molecule has 0 unspecified atom stereocenters.